The molecule has 18 heavy (non-hydrogen) atoms. The third-order valence-corrected chi connectivity index (χ3v) is 3.08. The molecule has 1 aromatic carbocycles. The second kappa shape index (κ2) is 5.18. The zero-order chi connectivity index (χ0) is 13.1. The number of anilines is 2. The number of aryl methyl sites for hydroxylation is 1. The molecule has 0 saturated carbocycles. The number of amides is 1. The third kappa shape index (κ3) is 2.87. The summed E-state index contributed by atoms with van der Waals surface area (Å²) < 4.78 is 0.696. The predicted octanol–water partition coefficient (Wildman–Crippen LogP) is 2.99. The van der Waals surface area contributed by atoms with E-state index in [0.717, 1.165) is 5.56 Å². The molecule has 0 spiro atoms. The van der Waals surface area contributed by atoms with Crippen molar-refractivity contribution in [3.05, 3.63) is 52.1 Å². The van der Waals surface area contributed by atoms with Crippen LogP contribution in [0.15, 0.2) is 41.0 Å². The highest BCUT2D eigenvalue weighted by atomic mass is 79.9. The molecular weight excluding hydrogens is 294 g/mol. The van der Waals surface area contributed by atoms with E-state index in [4.69, 9.17) is 5.73 Å². The Bertz CT molecular complexity index is 599. The molecule has 0 saturated heterocycles. The van der Waals surface area contributed by atoms with E-state index >= 15 is 0 Å². The van der Waals surface area contributed by atoms with Crippen molar-refractivity contribution in [2.24, 2.45) is 0 Å². The van der Waals surface area contributed by atoms with E-state index in [1.807, 2.05) is 13.0 Å². The minimum Gasteiger partial charge on any atom is -0.399 e. The Kier molecular flexibility index (Phi) is 3.62. The van der Waals surface area contributed by atoms with Crippen molar-refractivity contribution in [2.45, 2.75) is 6.92 Å². The van der Waals surface area contributed by atoms with Crippen molar-refractivity contribution >= 4 is 33.3 Å². The zero-order valence-corrected chi connectivity index (χ0v) is 11.4. The lowest BCUT2D eigenvalue weighted by Gasteiger charge is -2.07. The maximum atomic E-state index is 12.1. The fourth-order valence-corrected chi connectivity index (χ4v) is 1.93. The first kappa shape index (κ1) is 12.6. The van der Waals surface area contributed by atoms with Gasteiger partial charge in [0.05, 0.1) is 5.56 Å². The minimum atomic E-state index is -0.243. The molecule has 2 rings (SSSR count). The number of aromatic nitrogens is 1. The molecular formula is C13H12BrN3O. The summed E-state index contributed by atoms with van der Waals surface area (Å²) in [5.74, 6) is 0.279. The molecule has 0 aliphatic rings. The number of nitrogens with zero attached hydrogens (tertiary/aromatic N) is 1. The van der Waals surface area contributed by atoms with Gasteiger partial charge in [0.2, 0.25) is 0 Å². The van der Waals surface area contributed by atoms with Crippen LogP contribution in [-0.4, -0.2) is 10.9 Å². The van der Waals surface area contributed by atoms with Crippen molar-refractivity contribution in [1.29, 1.82) is 0 Å². The number of carbonyl (C=O) groups is 1. The summed E-state index contributed by atoms with van der Waals surface area (Å²) in [5.41, 5.74) is 7.73. The predicted molar refractivity (Wildman–Crippen MR) is 75.5 cm³/mol. The van der Waals surface area contributed by atoms with Crippen LogP contribution in [0.25, 0.3) is 0 Å². The molecule has 4 nitrogen and oxygen atoms in total. The minimum absolute atomic E-state index is 0.243. The number of hydrogen-bond acceptors (Lipinski definition) is 3. The first-order valence-electron chi connectivity index (χ1n) is 5.35. The molecule has 5 heteroatoms. The molecule has 0 radical (unpaired) electrons. The molecule has 0 aliphatic carbocycles. The van der Waals surface area contributed by atoms with Gasteiger partial charge in [-0.25, -0.2) is 4.98 Å². The van der Waals surface area contributed by atoms with Gasteiger partial charge in [0.1, 0.15) is 5.82 Å². The molecule has 0 fully saturated rings. The van der Waals surface area contributed by atoms with Crippen LogP contribution in [0.2, 0.25) is 0 Å². The van der Waals surface area contributed by atoms with Crippen molar-refractivity contribution in [1.82, 2.24) is 4.98 Å². The molecule has 0 bridgehead atoms. The van der Waals surface area contributed by atoms with Crippen molar-refractivity contribution < 1.29 is 4.79 Å². The normalized spacial score (nSPS) is 10.1. The molecule has 0 aliphatic heterocycles. The van der Waals surface area contributed by atoms with E-state index in [9.17, 15) is 4.79 Å². The summed E-state index contributed by atoms with van der Waals surface area (Å²) in [7, 11) is 0. The third-order valence-electron chi connectivity index (χ3n) is 2.39. The van der Waals surface area contributed by atoms with Crippen LogP contribution in [0.5, 0.6) is 0 Å². The van der Waals surface area contributed by atoms with Crippen LogP contribution in [0.4, 0.5) is 11.5 Å². The number of benzene rings is 1. The van der Waals surface area contributed by atoms with Gasteiger partial charge in [0.15, 0.2) is 0 Å². The average molecular weight is 306 g/mol. The van der Waals surface area contributed by atoms with E-state index in [1.54, 1.807) is 30.5 Å². The number of carbonyl (C=O) groups excluding carboxylic acids is 1. The van der Waals surface area contributed by atoms with Gasteiger partial charge in [-0.15, -0.1) is 0 Å². The first-order chi connectivity index (χ1) is 8.56. The number of hydrogen-bond donors (Lipinski definition) is 2. The monoisotopic (exact) mass is 305 g/mol. The maximum Gasteiger partial charge on any atom is 0.258 e. The van der Waals surface area contributed by atoms with Crippen LogP contribution < -0.4 is 11.1 Å². The molecule has 1 aromatic heterocycles. The van der Waals surface area contributed by atoms with Crippen molar-refractivity contribution in [3.63, 3.8) is 0 Å². The fraction of sp³-hybridized carbons (Fsp3) is 0.0769. The maximum absolute atomic E-state index is 12.1. The summed E-state index contributed by atoms with van der Waals surface area (Å²) >= 11 is 3.32. The summed E-state index contributed by atoms with van der Waals surface area (Å²) in [6.07, 6.45) is 1.65. The number of rotatable bonds is 2. The van der Waals surface area contributed by atoms with Gasteiger partial charge in [-0.1, -0.05) is 0 Å². The Morgan fingerprint density at radius 2 is 2.11 bits per heavy atom. The summed E-state index contributed by atoms with van der Waals surface area (Å²) in [6, 6.07) is 8.76. The second-order valence-corrected chi connectivity index (χ2v) is 4.77. The van der Waals surface area contributed by atoms with Gasteiger partial charge in [-0.2, -0.15) is 0 Å². The second-order valence-electron chi connectivity index (χ2n) is 3.91. The standard InChI is InChI=1S/C13H12BrN3O/c1-8-4-5-16-12(6-8)17-13(18)10-7-9(15)2-3-11(10)14/h2-7H,15H2,1H3,(H,16,17,18). The quantitative estimate of drug-likeness (QED) is 0.838. The smallest absolute Gasteiger partial charge is 0.258 e. The summed E-state index contributed by atoms with van der Waals surface area (Å²) in [6.45, 7) is 1.94. The Morgan fingerprint density at radius 1 is 1.33 bits per heavy atom. The van der Waals surface area contributed by atoms with Crippen molar-refractivity contribution in [3.8, 4) is 0 Å². The lowest BCUT2D eigenvalue weighted by atomic mass is 10.2. The van der Waals surface area contributed by atoms with E-state index in [-0.39, 0.29) is 5.91 Å². The largest absolute Gasteiger partial charge is 0.399 e. The van der Waals surface area contributed by atoms with Gasteiger partial charge in [-0.3, -0.25) is 4.79 Å². The van der Waals surface area contributed by atoms with Crippen molar-refractivity contribution in [2.75, 3.05) is 11.1 Å². The number of pyridine rings is 1. The van der Waals surface area contributed by atoms with E-state index in [2.05, 4.69) is 26.2 Å². The van der Waals surface area contributed by atoms with Crippen LogP contribution in [-0.2, 0) is 0 Å². The first-order valence-corrected chi connectivity index (χ1v) is 6.14. The Morgan fingerprint density at radius 3 is 2.83 bits per heavy atom. The van der Waals surface area contributed by atoms with E-state index < -0.39 is 0 Å². The highest BCUT2D eigenvalue weighted by molar-refractivity contribution is 9.10. The van der Waals surface area contributed by atoms with Crippen LogP contribution in [0, 0.1) is 6.92 Å². The van der Waals surface area contributed by atoms with Gasteiger partial charge < -0.3 is 11.1 Å². The Hall–Kier alpha value is -1.88. The lowest BCUT2D eigenvalue weighted by molar-refractivity contribution is 0.102. The van der Waals surface area contributed by atoms with Gasteiger partial charge in [0.25, 0.3) is 5.91 Å². The number of nitrogens with one attached hydrogen (secondary N) is 1. The van der Waals surface area contributed by atoms with E-state index in [0.29, 0.717) is 21.5 Å². The van der Waals surface area contributed by atoms with Gasteiger partial charge in [0, 0.05) is 16.4 Å². The summed E-state index contributed by atoms with van der Waals surface area (Å²) in [5, 5.41) is 2.73. The van der Waals surface area contributed by atoms with E-state index in [1.165, 1.54) is 0 Å². The highest BCUT2D eigenvalue weighted by Gasteiger charge is 2.11. The molecule has 92 valence electrons. The van der Waals surface area contributed by atoms with Gasteiger partial charge >= 0.3 is 0 Å². The zero-order valence-electron chi connectivity index (χ0n) is 9.77. The molecule has 1 heterocycles. The highest BCUT2D eigenvalue weighted by Crippen LogP contribution is 2.20. The fourth-order valence-electron chi connectivity index (χ4n) is 1.51. The number of nitrogen functional groups attached to an aromatic ring is 1. The topological polar surface area (TPSA) is 68.0 Å². The summed E-state index contributed by atoms with van der Waals surface area (Å²) in [4.78, 5) is 16.1. The molecule has 1 amide bonds. The molecule has 2 aromatic rings. The molecule has 0 unspecified atom stereocenters. The Labute approximate surface area is 113 Å². The number of halogens is 1. The Balaban J connectivity index is 2.24. The SMILES string of the molecule is Cc1ccnc(NC(=O)c2cc(N)ccc2Br)c1. The van der Waals surface area contributed by atoms with Crippen LogP contribution in [0.1, 0.15) is 15.9 Å². The lowest BCUT2D eigenvalue weighted by Crippen LogP contribution is -2.14. The van der Waals surface area contributed by atoms with Crippen LogP contribution >= 0.6 is 15.9 Å². The molecule has 3 N–H and O–H groups in total. The van der Waals surface area contributed by atoms with Crippen LogP contribution in [0.3, 0.4) is 0 Å². The molecule has 0 atom stereocenters. The average Bonchev–Trinajstić information content (AvgIpc) is 2.32. The van der Waals surface area contributed by atoms with Gasteiger partial charge in [-0.05, 0) is 58.7 Å². The number of nitrogens with two attached hydrogens (primary N) is 1.